The van der Waals surface area contributed by atoms with E-state index in [0.29, 0.717) is 5.82 Å². The number of hydrogen-bond donors (Lipinski definition) is 3. The molecule has 108 valence electrons. The van der Waals surface area contributed by atoms with Gasteiger partial charge in [-0.05, 0) is 30.7 Å². The van der Waals surface area contributed by atoms with Crippen molar-refractivity contribution in [3.8, 4) is 0 Å². The molecule has 0 unspecified atom stereocenters. The van der Waals surface area contributed by atoms with E-state index in [1.165, 1.54) is 24.4 Å². The number of nitrogen functional groups attached to an aromatic ring is 1. The number of hydrogen-bond acceptors (Lipinski definition) is 6. The Hall–Kier alpha value is -3.00. The van der Waals surface area contributed by atoms with Crippen LogP contribution in [0.3, 0.4) is 0 Å². The van der Waals surface area contributed by atoms with Gasteiger partial charge in [-0.2, -0.15) is 0 Å². The summed E-state index contributed by atoms with van der Waals surface area (Å²) in [5.74, 6) is 4.96. The Kier molecular flexibility index (Phi) is 4.10. The molecule has 1 heterocycles. The fraction of sp³-hybridized carbons (Fsp3) is 0.0769. The third-order valence-corrected chi connectivity index (χ3v) is 2.86. The fourth-order valence-electron chi connectivity index (χ4n) is 1.83. The number of benzene rings is 1. The second-order valence-electron chi connectivity index (χ2n) is 4.23. The largest absolute Gasteiger partial charge is 0.318 e. The second kappa shape index (κ2) is 5.97. The maximum Gasteiger partial charge on any atom is 0.306 e. The van der Waals surface area contributed by atoms with E-state index < -0.39 is 10.8 Å². The van der Waals surface area contributed by atoms with Crippen LogP contribution in [0, 0.1) is 17.0 Å². The van der Waals surface area contributed by atoms with Crippen LogP contribution in [0.25, 0.3) is 0 Å². The van der Waals surface area contributed by atoms with E-state index in [9.17, 15) is 14.9 Å². The molecule has 0 saturated heterocycles. The number of nitrogens with two attached hydrogens (primary N) is 1. The molecule has 21 heavy (non-hydrogen) atoms. The summed E-state index contributed by atoms with van der Waals surface area (Å²) in [7, 11) is 0. The number of rotatable bonds is 4. The van der Waals surface area contributed by atoms with Gasteiger partial charge in [0, 0.05) is 6.20 Å². The maximum absolute atomic E-state index is 12.2. The van der Waals surface area contributed by atoms with Crippen LogP contribution < -0.4 is 16.6 Å². The quantitative estimate of drug-likeness (QED) is 0.448. The van der Waals surface area contributed by atoms with Crippen LogP contribution in [0.1, 0.15) is 15.9 Å². The van der Waals surface area contributed by atoms with Gasteiger partial charge in [-0.25, -0.2) is 4.98 Å². The monoisotopic (exact) mass is 287 g/mol. The number of carbonyl (C=O) groups is 1. The highest BCUT2D eigenvalue weighted by atomic mass is 16.6. The van der Waals surface area contributed by atoms with Crippen molar-refractivity contribution in [3.63, 3.8) is 0 Å². The minimum atomic E-state index is -0.657. The van der Waals surface area contributed by atoms with Crippen molar-refractivity contribution >= 4 is 23.1 Å². The minimum absolute atomic E-state index is 0.0605. The highest BCUT2D eigenvalue weighted by molar-refractivity contribution is 6.08. The number of nitro groups is 1. The SMILES string of the molecule is Cc1cccnc1NC(=O)c1cccc(NN)c1[N+](=O)[O-]. The Morgan fingerprint density at radius 2 is 2.10 bits per heavy atom. The number of nitro benzene ring substituents is 1. The molecule has 1 aromatic carbocycles. The Morgan fingerprint density at radius 3 is 2.71 bits per heavy atom. The van der Waals surface area contributed by atoms with Gasteiger partial charge >= 0.3 is 5.69 Å². The summed E-state index contributed by atoms with van der Waals surface area (Å²) in [4.78, 5) is 26.7. The molecule has 1 amide bonds. The first-order chi connectivity index (χ1) is 10.0. The van der Waals surface area contributed by atoms with Gasteiger partial charge in [-0.3, -0.25) is 20.8 Å². The van der Waals surface area contributed by atoms with Crippen LogP contribution in [-0.2, 0) is 0 Å². The molecule has 8 nitrogen and oxygen atoms in total. The van der Waals surface area contributed by atoms with Crippen LogP contribution in [-0.4, -0.2) is 15.8 Å². The van der Waals surface area contributed by atoms with E-state index in [1.54, 1.807) is 19.1 Å². The van der Waals surface area contributed by atoms with Gasteiger partial charge < -0.3 is 10.7 Å². The Labute approximate surface area is 120 Å². The molecule has 2 rings (SSSR count). The zero-order valence-corrected chi connectivity index (χ0v) is 11.2. The van der Waals surface area contributed by atoms with Crippen molar-refractivity contribution in [2.24, 2.45) is 5.84 Å². The topological polar surface area (TPSA) is 123 Å². The molecule has 0 saturated carbocycles. The normalized spacial score (nSPS) is 10.0. The van der Waals surface area contributed by atoms with Gasteiger partial charge in [0.05, 0.1) is 4.92 Å². The van der Waals surface area contributed by atoms with Crippen LogP contribution >= 0.6 is 0 Å². The van der Waals surface area contributed by atoms with E-state index in [0.717, 1.165) is 5.56 Å². The third-order valence-electron chi connectivity index (χ3n) is 2.86. The van der Waals surface area contributed by atoms with Crippen molar-refractivity contribution in [2.75, 3.05) is 10.7 Å². The summed E-state index contributed by atoms with van der Waals surface area (Å²) in [6, 6.07) is 7.77. The minimum Gasteiger partial charge on any atom is -0.318 e. The molecule has 0 bridgehead atoms. The predicted octanol–water partition coefficient (Wildman–Crippen LogP) is 1.84. The smallest absolute Gasteiger partial charge is 0.306 e. The lowest BCUT2D eigenvalue weighted by Gasteiger charge is -2.09. The summed E-state index contributed by atoms with van der Waals surface area (Å²) in [6.07, 6.45) is 1.52. The lowest BCUT2D eigenvalue weighted by molar-refractivity contribution is -0.384. The molecular weight excluding hydrogens is 274 g/mol. The molecule has 0 aliphatic carbocycles. The summed E-state index contributed by atoms with van der Waals surface area (Å²) in [5, 5.41) is 13.7. The molecule has 0 spiro atoms. The van der Waals surface area contributed by atoms with Crippen LogP contribution in [0.4, 0.5) is 17.2 Å². The molecule has 0 radical (unpaired) electrons. The lowest BCUT2D eigenvalue weighted by Crippen LogP contribution is -2.17. The van der Waals surface area contributed by atoms with Gasteiger partial charge in [0.1, 0.15) is 17.1 Å². The van der Waals surface area contributed by atoms with Gasteiger partial charge in [-0.1, -0.05) is 12.1 Å². The first-order valence-electron chi connectivity index (χ1n) is 6.01. The van der Waals surface area contributed by atoms with Gasteiger partial charge in [0.15, 0.2) is 0 Å². The van der Waals surface area contributed by atoms with Crippen molar-refractivity contribution in [3.05, 3.63) is 57.8 Å². The van der Waals surface area contributed by atoms with Crippen molar-refractivity contribution in [1.29, 1.82) is 0 Å². The Morgan fingerprint density at radius 1 is 1.33 bits per heavy atom. The highest BCUT2D eigenvalue weighted by Crippen LogP contribution is 2.28. The molecule has 4 N–H and O–H groups in total. The zero-order valence-electron chi connectivity index (χ0n) is 11.2. The molecule has 0 aliphatic heterocycles. The number of amides is 1. The summed E-state index contributed by atoms with van der Waals surface area (Å²) in [5.41, 5.74) is 2.54. The number of para-hydroxylation sites is 1. The highest BCUT2D eigenvalue weighted by Gasteiger charge is 2.24. The van der Waals surface area contributed by atoms with Crippen molar-refractivity contribution < 1.29 is 9.72 Å². The number of nitrogens with zero attached hydrogens (tertiary/aromatic N) is 2. The molecule has 0 atom stereocenters. The van der Waals surface area contributed by atoms with Gasteiger partial charge in [0.2, 0.25) is 0 Å². The second-order valence-corrected chi connectivity index (χ2v) is 4.23. The third kappa shape index (κ3) is 2.95. The zero-order chi connectivity index (χ0) is 15.4. The number of anilines is 2. The van der Waals surface area contributed by atoms with Crippen LogP contribution in [0.15, 0.2) is 36.5 Å². The average molecular weight is 287 g/mol. The van der Waals surface area contributed by atoms with E-state index in [-0.39, 0.29) is 16.9 Å². The molecule has 1 aromatic heterocycles. The Balaban J connectivity index is 2.40. The standard InChI is InChI=1S/C13H13N5O3/c1-8-4-3-7-15-12(8)16-13(19)9-5-2-6-10(17-14)11(9)18(20)21/h2-7,17H,14H2,1H3,(H,15,16,19). The number of aromatic nitrogens is 1. The lowest BCUT2D eigenvalue weighted by atomic mass is 10.1. The van der Waals surface area contributed by atoms with Gasteiger partial charge in [0.25, 0.3) is 5.91 Å². The molecule has 2 aromatic rings. The summed E-state index contributed by atoms with van der Waals surface area (Å²) in [6.45, 7) is 1.77. The van der Waals surface area contributed by atoms with Gasteiger partial charge in [-0.15, -0.1) is 0 Å². The van der Waals surface area contributed by atoms with E-state index in [2.05, 4.69) is 15.7 Å². The van der Waals surface area contributed by atoms with Crippen molar-refractivity contribution in [2.45, 2.75) is 6.92 Å². The summed E-state index contributed by atoms with van der Waals surface area (Å²) >= 11 is 0. The van der Waals surface area contributed by atoms with E-state index >= 15 is 0 Å². The number of nitrogens with one attached hydrogen (secondary N) is 2. The molecule has 8 heteroatoms. The first kappa shape index (κ1) is 14.4. The van der Waals surface area contributed by atoms with E-state index in [4.69, 9.17) is 5.84 Å². The van der Waals surface area contributed by atoms with Crippen molar-refractivity contribution in [1.82, 2.24) is 4.98 Å². The maximum atomic E-state index is 12.2. The number of hydrazine groups is 1. The number of carbonyl (C=O) groups excluding carboxylic acids is 1. The number of pyridine rings is 1. The average Bonchev–Trinajstić information content (AvgIpc) is 2.48. The molecular formula is C13H13N5O3. The van der Waals surface area contributed by atoms with Crippen LogP contribution in [0.2, 0.25) is 0 Å². The fourth-order valence-corrected chi connectivity index (χ4v) is 1.83. The molecule has 0 fully saturated rings. The Bertz CT molecular complexity index is 702. The van der Waals surface area contributed by atoms with Crippen LogP contribution in [0.5, 0.6) is 0 Å². The summed E-state index contributed by atoms with van der Waals surface area (Å²) < 4.78 is 0. The molecule has 0 aliphatic rings. The first-order valence-corrected chi connectivity index (χ1v) is 6.01. The predicted molar refractivity (Wildman–Crippen MR) is 77.8 cm³/mol. The number of aryl methyl sites for hydroxylation is 1. The van der Waals surface area contributed by atoms with E-state index in [1.807, 2.05) is 0 Å².